The number of hydrogen-bond donors (Lipinski definition) is 0. The molecule has 0 saturated carbocycles. The highest BCUT2D eigenvalue weighted by Gasteiger charge is 2.31. The second-order valence-corrected chi connectivity index (χ2v) is 8.06. The van der Waals surface area contributed by atoms with Crippen LogP contribution >= 0.6 is 0 Å². The number of aryl methyl sites for hydroxylation is 1. The van der Waals surface area contributed by atoms with E-state index in [4.69, 9.17) is 9.47 Å². The van der Waals surface area contributed by atoms with Crippen LogP contribution in [0, 0.1) is 0 Å². The third kappa shape index (κ3) is 6.38. The molecule has 2 aromatic heterocycles. The van der Waals surface area contributed by atoms with Crippen LogP contribution in [-0.4, -0.2) is 74.2 Å². The van der Waals surface area contributed by atoms with Gasteiger partial charge in [0.2, 0.25) is 11.8 Å². The summed E-state index contributed by atoms with van der Waals surface area (Å²) in [6, 6.07) is 13.3. The molecule has 4 rings (SSSR count). The molecule has 34 heavy (non-hydrogen) atoms. The van der Waals surface area contributed by atoms with Crippen LogP contribution < -0.4 is 4.74 Å². The van der Waals surface area contributed by atoms with Crippen molar-refractivity contribution in [3.63, 3.8) is 0 Å². The number of methoxy groups -OCH3 is 1. The van der Waals surface area contributed by atoms with Crippen LogP contribution in [0.15, 0.2) is 61.3 Å². The first-order chi connectivity index (χ1) is 16.6. The lowest BCUT2D eigenvalue weighted by molar-refractivity contribution is -0.139. The normalized spacial score (nSPS) is 16.4. The largest absolute Gasteiger partial charge is 0.497 e. The van der Waals surface area contributed by atoms with Crippen LogP contribution in [0.2, 0.25) is 0 Å². The predicted octanol–water partition coefficient (Wildman–Crippen LogP) is 1.53. The van der Waals surface area contributed by atoms with E-state index in [2.05, 4.69) is 15.1 Å². The van der Waals surface area contributed by atoms with Gasteiger partial charge in [-0.25, -0.2) is 4.98 Å². The third-order valence-corrected chi connectivity index (χ3v) is 5.60. The molecule has 1 fully saturated rings. The molecule has 2 amide bonds. The van der Waals surface area contributed by atoms with Crippen LogP contribution in [0.3, 0.4) is 0 Å². The van der Waals surface area contributed by atoms with Gasteiger partial charge in [-0.2, -0.15) is 5.10 Å². The van der Waals surface area contributed by atoms with Crippen molar-refractivity contribution in [2.24, 2.45) is 0 Å². The number of carbonyl (C=O) groups is 2. The highest BCUT2D eigenvalue weighted by atomic mass is 16.5. The summed E-state index contributed by atoms with van der Waals surface area (Å²) in [5, 5.41) is 4.04. The molecule has 1 aliphatic rings. The first-order valence-electron chi connectivity index (χ1n) is 11.1. The Morgan fingerprint density at radius 1 is 1.18 bits per heavy atom. The maximum atomic E-state index is 13.1. The molecule has 0 N–H and O–H groups in total. The van der Waals surface area contributed by atoms with Gasteiger partial charge >= 0.3 is 0 Å². The van der Waals surface area contributed by atoms with E-state index in [1.165, 1.54) is 6.33 Å². The van der Waals surface area contributed by atoms with Gasteiger partial charge in [0.15, 0.2) is 0 Å². The fourth-order valence-electron chi connectivity index (χ4n) is 3.81. The average Bonchev–Trinajstić information content (AvgIpc) is 3.34. The summed E-state index contributed by atoms with van der Waals surface area (Å²) in [5.74, 6) is 0.490. The van der Waals surface area contributed by atoms with Crippen LogP contribution in [0.5, 0.6) is 5.75 Å². The first-order valence-corrected chi connectivity index (χ1v) is 11.1. The Morgan fingerprint density at radius 2 is 2.09 bits per heavy atom. The lowest BCUT2D eigenvalue weighted by atomic mass is 10.2. The van der Waals surface area contributed by atoms with Crippen LogP contribution in [0.25, 0.3) is 0 Å². The Hall–Kier alpha value is -3.79. The van der Waals surface area contributed by atoms with Crippen LogP contribution in [0.4, 0.5) is 0 Å². The summed E-state index contributed by atoms with van der Waals surface area (Å²) in [4.78, 5) is 37.6. The van der Waals surface area contributed by atoms with Crippen LogP contribution in [-0.2, 0) is 34.0 Å². The SMILES string of the molecule is COc1cccc(CO[C@H]2CN(C(=O)CCn3cncn3)CC(=O)N(Cc3ccccn3)C2)c1. The minimum absolute atomic E-state index is 0.00203. The molecule has 0 bridgehead atoms. The van der Waals surface area contributed by atoms with E-state index in [1.54, 1.807) is 34.1 Å². The number of nitrogens with zero attached hydrogens (tertiary/aromatic N) is 6. The number of ether oxygens (including phenoxy) is 2. The molecule has 0 unspecified atom stereocenters. The molecule has 0 radical (unpaired) electrons. The van der Waals surface area contributed by atoms with Crippen molar-refractivity contribution in [3.8, 4) is 5.75 Å². The van der Waals surface area contributed by atoms with Gasteiger partial charge in [-0.1, -0.05) is 18.2 Å². The van der Waals surface area contributed by atoms with Crippen LogP contribution in [0.1, 0.15) is 17.7 Å². The Bertz CT molecular complexity index is 1080. The Morgan fingerprint density at radius 3 is 2.85 bits per heavy atom. The second-order valence-electron chi connectivity index (χ2n) is 8.06. The van der Waals surface area contributed by atoms with E-state index in [0.29, 0.717) is 32.8 Å². The molecule has 3 heterocycles. The topological polar surface area (TPSA) is 103 Å². The molecule has 0 aliphatic carbocycles. The zero-order valence-electron chi connectivity index (χ0n) is 19.1. The van der Waals surface area contributed by atoms with E-state index in [-0.39, 0.29) is 30.9 Å². The Labute approximate surface area is 198 Å². The molecule has 178 valence electrons. The highest BCUT2D eigenvalue weighted by Crippen LogP contribution is 2.17. The number of carbonyl (C=O) groups excluding carboxylic acids is 2. The maximum Gasteiger partial charge on any atom is 0.242 e. The molecule has 10 nitrogen and oxygen atoms in total. The van der Waals surface area contributed by atoms with Gasteiger partial charge in [-0.3, -0.25) is 19.3 Å². The number of hydrogen-bond acceptors (Lipinski definition) is 7. The lowest BCUT2D eigenvalue weighted by Gasteiger charge is -2.25. The van der Waals surface area contributed by atoms with E-state index in [9.17, 15) is 9.59 Å². The molecule has 1 aliphatic heterocycles. The van der Waals surface area contributed by atoms with Crippen molar-refractivity contribution in [1.82, 2.24) is 29.5 Å². The molecule has 1 aromatic carbocycles. The number of benzene rings is 1. The molecular weight excluding hydrogens is 436 g/mol. The fourth-order valence-corrected chi connectivity index (χ4v) is 3.81. The summed E-state index contributed by atoms with van der Waals surface area (Å²) in [5.41, 5.74) is 1.74. The zero-order valence-corrected chi connectivity index (χ0v) is 19.1. The van der Waals surface area contributed by atoms with Crippen molar-refractivity contribution in [1.29, 1.82) is 0 Å². The number of aromatic nitrogens is 4. The number of amides is 2. The van der Waals surface area contributed by atoms with E-state index < -0.39 is 0 Å². The van der Waals surface area contributed by atoms with Gasteiger partial charge < -0.3 is 19.3 Å². The van der Waals surface area contributed by atoms with Crippen molar-refractivity contribution >= 4 is 11.8 Å². The van der Waals surface area contributed by atoms with E-state index >= 15 is 0 Å². The van der Waals surface area contributed by atoms with Gasteiger partial charge in [0.25, 0.3) is 0 Å². The summed E-state index contributed by atoms with van der Waals surface area (Å²) < 4.78 is 13.1. The maximum absolute atomic E-state index is 13.1. The average molecular weight is 465 g/mol. The zero-order chi connectivity index (χ0) is 23.8. The number of rotatable bonds is 9. The molecule has 3 aromatic rings. The van der Waals surface area contributed by atoms with E-state index in [0.717, 1.165) is 17.0 Å². The van der Waals surface area contributed by atoms with E-state index in [1.807, 2.05) is 42.5 Å². The summed E-state index contributed by atoms with van der Waals surface area (Å²) in [6.07, 6.45) is 4.57. The summed E-state index contributed by atoms with van der Waals surface area (Å²) in [6.45, 7) is 1.80. The first kappa shape index (κ1) is 23.4. The lowest BCUT2D eigenvalue weighted by Crippen LogP contribution is -2.40. The standard InChI is InChI=1S/C24H28N6O4/c1-33-21-7-4-5-19(11-21)16-34-22-13-28(12-20-6-2-3-9-26-20)24(32)15-29(14-22)23(31)8-10-30-18-25-17-27-30/h2-7,9,11,17-18,22H,8,10,12-16H2,1H3/t22-/m1/s1. The Balaban J connectivity index is 1.46. The van der Waals surface area contributed by atoms with Gasteiger partial charge in [0.1, 0.15) is 18.4 Å². The summed E-state index contributed by atoms with van der Waals surface area (Å²) >= 11 is 0. The smallest absolute Gasteiger partial charge is 0.242 e. The molecule has 0 spiro atoms. The minimum Gasteiger partial charge on any atom is -0.497 e. The summed E-state index contributed by atoms with van der Waals surface area (Å²) in [7, 11) is 1.62. The highest BCUT2D eigenvalue weighted by molar-refractivity contribution is 5.85. The van der Waals surface area contributed by atoms with Crippen molar-refractivity contribution in [2.75, 3.05) is 26.7 Å². The second kappa shape index (κ2) is 11.4. The number of pyridine rings is 1. The van der Waals surface area contributed by atoms with Gasteiger partial charge in [0.05, 0.1) is 45.1 Å². The monoisotopic (exact) mass is 464 g/mol. The van der Waals surface area contributed by atoms with Gasteiger partial charge in [-0.05, 0) is 29.8 Å². The Kier molecular flexibility index (Phi) is 7.82. The molecule has 1 saturated heterocycles. The van der Waals surface area contributed by atoms with Crippen molar-refractivity contribution in [3.05, 3.63) is 72.6 Å². The predicted molar refractivity (Wildman–Crippen MR) is 122 cm³/mol. The van der Waals surface area contributed by atoms with Gasteiger partial charge in [-0.15, -0.1) is 0 Å². The molecule has 1 atom stereocenters. The minimum atomic E-state index is -0.350. The molecular formula is C24H28N6O4. The van der Waals surface area contributed by atoms with Gasteiger partial charge in [0, 0.05) is 25.7 Å². The van der Waals surface area contributed by atoms with Crippen molar-refractivity contribution < 1.29 is 19.1 Å². The quantitative estimate of drug-likeness (QED) is 0.473. The van der Waals surface area contributed by atoms with Crippen molar-refractivity contribution in [2.45, 2.75) is 32.2 Å². The third-order valence-electron chi connectivity index (χ3n) is 5.60. The molecule has 10 heteroatoms. The fraction of sp³-hybridized carbons (Fsp3) is 0.375.